The number of hydrogen-bond donors (Lipinski definition) is 2. The second kappa shape index (κ2) is 12.9. The highest BCUT2D eigenvalue weighted by molar-refractivity contribution is 14.1. The topological polar surface area (TPSA) is 131 Å². The Labute approximate surface area is 211 Å². The van der Waals surface area contributed by atoms with Gasteiger partial charge in [0.1, 0.15) is 12.6 Å². The predicted molar refractivity (Wildman–Crippen MR) is 131 cm³/mol. The number of carbonyl (C=O) groups is 5. The van der Waals surface area contributed by atoms with Crippen LogP contribution >= 0.6 is 22.6 Å². The van der Waals surface area contributed by atoms with Gasteiger partial charge >= 0.3 is 0 Å². The average molecular weight is 585 g/mol. The fraction of sp³-hybridized carbons (Fsp3) is 0.522. The van der Waals surface area contributed by atoms with Crippen LogP contribution in [0.3, 0.4) is 0 Å². The number of alkyl halides is 1. The molecule has 0 radical (unpaired) electrons. The Morgan fingerprint density at radius 1 is 1.03 bits per heavy atom. The number of nitrogens with one attached hydrogen (secondary N) is 2. The zero-order valence-corrected chi connectivity index (χ0v) is 20.9. The SMILES string of the molecule is O=C1CCC(N2C(=O)c3cccc(NC(=O)COCCOCCCCCCI)c3C2=O)C(=O)N1. The second-order valence-electron chi connectivity index (χ2n) is 7.99. The highest BCUT2D eigenvalue weighted by Gasteiger charge is 2.45. The van der Waals surface area contributed by atoms with Gasteiger partial charge in [0.05, 0.1) is 30.0 Å². The van der Waals surface area contributed by atoms with Crippen molar-refractivity contribution in [2.24, 2.45) is 0 Å². The molecule has 3 rings (SSSR count). The molecule has 2 aliphatic rings. The molecule has 0 saturated carbocycles. The lowest BCUT2D eigenvalue weighted by molar-refractivity contribution is -0.136. The van der Waals surface area contributed by atoms with Gasteiger partial charge in [0.25, 0.3) is 11.8 Å². The number of hydrogen-bond acceptors (Lipinski definition) is 7. The van der Waals surface area contributed by atoms with Crippen molar-refractivity contribution >= 4 is 57.8 Å². The van der Waals surface area contributed by atoms with Crippen LogP contribution in [-0.2, 0) is 23.9 Å². The Morgan fingerprint density at radius 3 is 2.56 bits per heavy atom. The van der Waals surface area contributed by atoms with E-state index in [4.69, 9.17) is 9.47 Å². The van der Waals surface area contributed by atoms with Crippen LogP contribution in [0.5, 0.6) is 0 Å². The van der Waals surface area contributed by atoms with Crippen LogP contribution in [0.15, 0.2) is 18.2 Å². The summed E-state index contributed by atoms with van der Waals surface area (Å²) < 4.78 is 12.0. The number of amides is 5. The second-order valence-corrected chi connectivity index (χ2v) is 9.07. The normalized spacial score (nSPS) is 17.7. The molecule has 1 unspecified atom stereocenters. The van der Waals surface area contributed by atoms with E-state index in [1.165, 1.54) is 29.4 Å². The first kappa shape index (κ1) is 26.2. The van der Waals surface area contributed by atoms with Crippen molar-refractivity contribution < 1.29 is 33.4 Å². The molecule has 0 aliphatic carbocycles. The molecule has 2 aliphatic heterocycles. The van der Waals surface area contributed by atoms with E-state index in [0.717, 1.165) is 17.7 Å². The lowest BCUT2D eigenvalue weighted by Crippen LogP contribution is -2.54. The summed E-state index contributed by atoms with van der Waals surface area (Å²) in [4.78, 5) is 62.6. The Balaban J connectivity index is 1.48. The Kier molecular flexibility index (Phi) is 9.96. The third-order valence-corrected chi connectivity index (χ3v) is 6.28. The minimum absolute atomic E-state index is 0.0245. The third-order valence-electron chi connectivity index (χ3n) is 5.52. The fourth-order valence-electron chi connectivity index (χ4n) is 3.84. The number of unbranched alkanes of at least 4 members (excludes halogenated alkanes) is 3. The molecular weight excluding hydrogens is 557 g/mol. The summed E-state index contributed by atoms with van der Waals surface area (Å²) in [6.45, 7) is 1.07. The van der Waals surface area contributed by atoms with Gasteiger partial charge in [0, 0.05) is 13.0 Å². The quantitative estimate of drug-likeness (QED) is 0.157. The Bertz CT molecular complexity index is 952. The molecule has 0 aromatic heterocycles. The van der Waals surface area contributed by atoms with Crippen LogP contribution in [0.4, 0.5) is 5.69 Å². The zero-order chi connectivity index (χ0) is 24.5. The van der Waals surface area contributed by atoms with Gasteiger partial charge in [-0.25, -0.2) is 0 Å². The number of carbonyl (C=O) groups excluding carboxylic acids is 5. The smallest absolute Gasteiger partial charge is 0.264 e. The molecule has 1 aromatic carbocycles. The van der Waals surface area contributed by atoms with E-state index in [1.807, 2.05) is 0 Å². The minimum Gasteiger partial charge on any atom is -0.379 e. The van der Waals surface area contributed by atoms with E-state index >= 15 is 0 Å². The van der Waals surface area contributed by atoms with E-state index in [0.29, 0.717) is 13.2 Å². The molecule has 184 valence electrons. The number of rotatable bonds is 13. The van der Waals surface area contributed by atoms with Crippen molar-refractivity contribution in [1.29, 1.82) is 0 Å². The van der Waals surface area contributed by atoms with E-state index < -0.39 is 35.6 Å². The summed E-state index contributed by atoms with van der Waals surface area (Å²) in [6.07, 6.45) is 4.65. The Hall–Kier alpha value is -2.38. The van der Waals surface area contributed by atoms with Gasteiger partial charge < -0.3 is 14.8 Å². The first-order valence-corrected chi connectivity index (χ1v) is 12.8. The van der Waals surface area contributed by atoms with Crippen molar-refractivity contribution in [2.75, 3.05) is 36.2 Å². The molecule has 1 fully saturated rings. The van der Waals surface area contributed by atoms with E-state index in [1.54, 1.807) is 6.07 Å². The minimum atomic E-state index is -1.07. The van der Waals surface area contributed by atoms with Crippen LogP contribution in [-0.4, -0.2) is 71.3 Å². The summed E-state index contributed by atoms with van der Waals surface area (Å²) in [5.41, 5.74) is 0.291. The van der Waals surface area contributed by atoms with E-state index in [2.05, 4.69) is 33.2 Å². The maximum atomic E-state index is 13.0. The molecule has 0 bridgehead atoms. The van der Waals surface area contributed by atoms with Crippen LogP contribution in [0.25, 0.3) is 0 Å². The van der Waals surface area contributed by atoms with Gasteiger partial charge in [0.15, 0.2) is 0 Å². The molecule has 10 nitrogen and oxygen atoms in total. The molecule has 0 spiro atoms. The van der Waals surface area contributed by atoms with Gasteiger partial charge in [-0.2, -0.15) is 0 Å². The summed E-state index contributed by atoms with van der Waals surface area (Å²) in [7, 11) is 0. The van der Waals surface area contributed by atoms with Gasteiger partial charge in [-0.05, 0) is 35.8 Å². The van der Waals surface area contributed by atoms with Crippen molar-refractivity contribution in [1.82, 2.24) is 10.2 Å². The standard InChI is InChI=1S/C23H28IN3O7/c24-10-3-1-2-4-11-33-12-13-34-14-19(29)25-16-7-5-6-15-20(16)23(32)27(22(15)31)17-8-9-18(28)26-21(17)30/h5-7,17H,1-4,8-14H2,(H,25,29)(H,26,28,30). The molecule has 1 atom stereocenters. The number of imide groups is 2. The summed E-state index contributed by atoms with van der Waals surface area (Å²) >= 11 is 2.37. The van der Waals surface area contributed by atoms with E-state index in [-0.39, 0.29) is 42.9 Å². The lowest BCUT2D eigenvalue weighted by atomic mass is 10.0. The molecule has 1 aromatic rings. The number of piperidine rings is 1. The maximum absolute atomic E-state index is 13.0. The van der Waals surface area contributed by atoms with Crippen molar-refractivity contribution in [3.05, 3.63) is 29.3 Å². The monoisotopic (exact) mass is 585 g/mol. The van der Waals surface area contributed by atoms with E-state index in [9.17, 15) is 24.0 Å². The first-order valence-electron chi connectivity index (χ1n) is 11.3. The number of nitrogens with zero attached hydrogens (tertiary/aromatic N) is 1. The predicted octanol–water partition coefficient (Wildman–Crippen LogP) is 2.05. The lowest BCUT2D eigenvalue weighted by Gasteiger charge is -2.27. The van der Waals surface area contributed by atoms with Gasteiger partial charge in [-0.1, -0.05) is 41.5 Å². The summed E-state index contributed by atoms with van der Waals surface area (Å²) in [5, 5.41) is 4.76. The number of halogens is 1. The van der Waals surface area contributed by atoms with Crippen molar-refractivity contribution in [3.63, 3.8) is 0 Å². The Morgan fingerprint density at radius 2 is 1.79 bits per heavy atom. The van der Waals surface area contributed by atoms with Gasteiger partial charge in [-0.3, -0.25) is 34.2 Å². The highest BCUT2D eigenvalue weighted by atomic mass is 127. The van der Waals surface area contributed by atoms with Gasteiger partial charge in [-0.15, -0.1) is 0 Å². The summed E-state index contributed by atoms with van der Waals surface area (Å²) in [5.74, 6) is -2.92. The van der Waals surface area contributed by atoms with Crippen LogP contribution in [0.1, 0.15) is 59.2 Å². The van der Waals surface area contributed by atoms with Crippen molar-refractivity contribution in [2.45, 2.75) is 44.6 Å². The molecule has 34 heavy (non-hydrogen) atoms. The highest BCUT2D eigenvalue weighted by Crippen LogP contribution is 2.32. The van der Waals surface area contributed by atoms with Crippen LogP contribution in [0.2, 0.25) is 0 Å². The molecule has 2 heterocycles. The zero-order valence-electron chi connectivity index (χ0n) is 18.8. The fourth-order valence-corrected chi connectivity index (χ4v) is 4.38. The molecular formula is C23H28IN3O7. The number of anilines is 1. The largest absolute Gasteiger partial charge is 0.379 e. The molecule has 2 N–H and O–H groups in total. The average Bonchev–Trinajstić information content (AvgIpc) is 3.06. The first-order chi connectivity index (χ1) is 16.4. The van der Waals surface area contributed by atoms with Crippen LogP contribution in [0, 0.1) is 0 Å². The van der Waals surface area contributed by atoms with Crippen LogP contribution < -0.4 is 10.6 Å². The maximum Gasteiger partial charge on any atom is 0.264 e. The van der Waals surface area contributed by atoms with Gasteiger partial charge in [0.2, 0.25) is 17.7 Å². The molecule has 5 amide bonds. The number of benzene rings is 1. The third kappa shape index (κ3) is 6.60. The molecule has 1 saturated heterocycles. The number of ether oxygens (including phenoxy) is 2. The van der Waals surface area contributed by atoms with Crippen molar-refractivity contribution in [3.8, 4) is 0 Å². The summed E-state index contributed by atoms with van der Waals surface area (Å²) in [6, 6.07) is 3.45. The molecule has 11 heteroatoms. The number of fused-ring (bicyclic) bond motifs is 1.